The van der Waals surface area contributed by atoms with Gasteiger partial charge in [-0.2, -0.15) is 5.10 Å². The van der Waals surface area contributed by atoms with Crippen LogP contribution in [0.1, 0.15) is 17.7 Å². The Labute approximate surface area is 144 Å². The first-order chi connectivity index (χ1) is 11.7. The lowest BCUT2D eigenvalue weighted by molar-refractivity contribution is -0.130. The Bertz CT molecular complexity index is 769. The highest BCUT2D eigenvalue weighted by atomic mass is 32.1. The topological polar surface area (TPSA) is 63.9 Å². The number of nitrogens with zero attached hydrogens (tertiary/aromatic N) is 5. The Morgan fingerprint density at radius 1 is 1.29 bits per heavy atom. The third kappa shape index (κ3) is 4.26. The predicted molar refractivity (Wildman–Crippen MR) is 93.3 cm³/mol. The van der Waals surface area contributed by atoms with E-state index in [-0.39, 0.29) is 5.91 Å². The summed E-state index contributed by atoms with van der Waals surface area (Å²) in [5, 5.41) is 5.02. The zero-order valence-corrected chi connectivity index (χ0v) is 14.3. The quantitative estimate of drug-likeness (QED) is 0.663. The van der Waals surface area contributed by atoms with Crippen molar-refractivity contribution in [2.75, 3.05) is 7.05 Å². The van der Waals surface area contributed by atoms with E-state index in [0.29, 0.717) is 19.5 Å². The Balaban J connectivity index is 1.50. The van der Waals surface area contributed by atoms with Crippen LogP contribution in [0.5, 0.6) is 0 Å². The number of benzene rings is 1. The summed E-state index contributed by atoms with van der Waals surface area (Å²) in [5.74, 6) is 0.129. The number of hydrogen-bond donors (Lipinski definition) is 0. The van der Waals surface area contributed by atoms with Crippen LogP contribution in [0.4, 0.5) is 0 Å². The molecule has 2 aromatic heterocycles. The minimum absolute atomic E-state index is 0.129. The van der Waals surface area contributed by atoms with E-state index in [1.807, 2.05) is 43.6 Å². The number of aromatic nitrogens is 4. The van der Waals surface area contributed by atoms with Gasteiger partial charge in [-0.25, -0.2) is 9.97 Å². The van der Waals surface area contributed by atoms with E-state index in [1.165, 1.54) is 6.33 Å². The standard InChI is InChI=1S/C17H19N5OS/c1-21(16(23)8-5-9-22-13-18-12-20-22)11-15-10-19-17(24-15)14-6-3-2-4-7-14/h2-4,6-7,10,12-13H,5,8-9,11H2,1H3. The SMILES string of the molecule is CN(Cc1cnc(-c2ccccc2)s1)C(=O)CCCn1cncn1. The molecule has 24 heavy (non-hydrogen) atoms. The van der Waals surface area contributed by atoms with E-state index in [9.17, 15) is 4.79 Å². The summed E-state index contributed by atoms with van der Waals surface area (Å²) >= 11 is 1.63. The van der Waals surface area contributed by atoms with E-state index in [0.717, 1.165) is 21.9 Å². The first kappa shape index (κ1) is 16.3. The molecule has 0 radical (unpaired) electrons. The second kappa shape index (κ2) is 7.83. The second-order valence-electron chi connectivity index (χ2n) is 5.51. The number of rotatable bonds is 7. The van der Waals surface area contributed by atoms with E-state index < -0.39 is 0 Å². The minimum Gasteiger partial charge on any atom is -0.341 e. The Morgan fingerprint density at radius 2 is 2.12 bits per heavy atom. The predicted octanol–water partition coefficient (Wildman–Crippen LogP) is 2.84. The van der Waals surface area contributed by atoms with Gasteiger partial charge in [-0.15, -0.1) is 11.3 Å². The lowest BCUT2D eigenvalue weighted by atomic mass is 10.2. The molecule has 1 amide bonds. The van der Waals surface area contributed by atoms with Crippen molar-refractivity contribution in [1.82, 2.24) is 24.6 Å². The fraction of sp³-hybridized carbons (Fsp3) is 0.294. The maximum Gasteiger partial charge on any atom is 0.222 e. The molecule has 0 saturated heterocycles. The number of amides is 1. The molecule has 0 saturated carbocycles. The summed E-state index contributed by atoms with van der Waals surface area (Å²) in [5.41, 5.74) is 1.11. The van der Waals surface area contributed by atoms with Crippen LogP contribution in [-0.4, -0.2) is 37.6 Å². The molecule has 0 bridgehead atoms. The number of aryl methyl sites for hydroxylation is 1. The van der Waals surface area contributed by atoms with Crippen molar-refractivity contribution in [3.8, 4) is 10.6 Å². The number of hydrogen-bond acceptors (Lipinski definition) is 5. The van der Waals surface area contributed by atoms with Crippen LogP contribution in [0.3, 0.4) is 0 Å². The third-order valence-electron chi connectivity index (χ3n) is 3.64. The van der Waals surface area contributed by atoms with Crippen molar-refractivity contribution in [2.24, 2.45) is 0 Å². The molecule has 3 rings (SSSR count). The van der Waals surface area contributed by atoms with E-state index in [4.69, 9.17) is 0 Å². The summed E-state index contributed by atoms with van der Waals surface area (Å²) in [6, 6.07) is 10.1. The van der Waals surface area contributed by atoms with Crippen molar-refractivity contribution >= 4 is 17.2 Å². The smallest absolute Gasteiger partial charge is 0.222 e. The highest BCUT2D eigenvalue weighted by Gasteiger charge is 2.12. The van der Waals surface area contributed by atoms with Gasteiger partial charge in [0, 0.05) is 36.7 Å². The van der Waals surface area contributed by atoms with E-state index in [2.05, 4.69) is 15.1 Å². The molecule has 0 aliphatic carbocycles. The van der Waals surface area contributed by atoms with Gasteiger partial charge in [-0.05, 0) is 6.42 Å². The average Bonchev–Trinajstić information content (AvgIpc) is 3.27. The number of carbonyl (C=O) groups excluding carboxylic acids is 1. The fourth-order valence-corrected chi connectivity index (χ4v) is 3.32. The van der Waals surface area contributed by atoms with E-state index >= 15 is 0 Å². The van der Waals surface area contributed by atoms with Crippen LogP contribution in [0.2, 0.25) is 0 Å². The number of carbonyl (C=O) groups is 1. The van der Waals surface area contributed by atoms with Crippen molar-refractivity contribution < 1.29 is 4.79 Å². The second-order valence-corrected chi connectivity index (χ2v) is 6.62. The highest BCUT2D eigenvalue weighted by molar-refractivity contribution is 7.15. The molecule has 0 aliphatic rings. The van der Waals surface area contributed by atoms with Crippen LogP contribution < -0.4 is 0 Å². The van der Waals surface area contributed by atoms with Gasteiger partial charge in [0.25, 0.3) is 0 Å². The number of thiazole rings is 1. The molecule has 2 heterocycles. The first-order valence-corrected chi connectivity index (χ1v) is 8.60. The van der Waals surface area contributed by atoms with Gasteiger partial charge in [0.1, 0.15) is 17.7 Å². The molecule has 0 fully saturated rings. The van der Waals surface area contributed by atoms with Crippen LogP contribution in [-0.2, 0) is 17.9 Å². The normalized spacial score (nSPS) is 10.7. The monoisotopic (exact) mass is 341 g/mol. The van der Waals surface area contributed by atoms with E-state index in [1.54, 1.807) is 27.2 Å². The van der Waals surface area contributed by atoms with Gasteiger partial charge in [0.05, 0.1) is 6.54 Å². The van der Waals surface area contributed by atoms with Crippen molar-refractivity contribution in [2.45, 2.75) is 25.9 Å². The minimum atomic E-state index is 0.129. The molecule has 0 spiro atoms. The molecule has 0 unspecified atom stereocenters. The highest BCUT2D eigenvalue weighted by Crippen LogP contribution is 2.25. The molecule has 7 heteroatoms. The van der Waals surface area contributed by atoms with Gasteiger partial charge in [0.15, 0.2) is 0 Å². The van der Waals surface area contributed by atoms with Crippen molar-refractivity contribution in [3.63, 3.8) is 0 Å². The van der Waals surface area contributed by atoms with Gasteiger partial charge >= 0.3 is 0 Å². The molecule has 124 valence electrons. The average molecular weight is 341 g/mol. The van der Waals surface area contributed by atoms with Crippen LogP contribution in [0, 0.1) is 0 Å². The Kier molecular flexibility index (Phi) is 5.32. The maximum atomic E-state index is 12.2. The lowest BCUT2D eigenvalue weighted by Crippen LogP contribution is -2.25. The summed E-state index contributed by atoms with van der Waals surface area (Å²) in [6.07, 6.45) is 6.27. The molecule has 0 atom stereocenters. The van der Waals surface area contributed by atoms with Crippen LogP contribution in [0.15, 0.2) is 49.2 Å². The zero-order chi connectivity index (χ0) is 16.8. The molecule has 6 nitrogen and oxygen atoms in total. The summed E-state index contributed by atoms with van der Waals surface area (Å²) in [7, 11) is 1.83. The Hall–Kier alpha value is -2.54. The van der Waals surface area contributed by atoms with Crippen molar-refractivity contribution in [1.29, 1.82) is 0 Å². The van der Waals surface area contributed by atoms with Gasteiger partial charge in [-0.3, -0.25) is 9.48 Å². The molecule has 3 aromatic rings. The molecular weight excluding hydrogens is 322 g/mol. The largest absolute Gasteiger partial charge is 0.341 e. The summed E-state index contributed by atoms with van der Waals surface area (Å²) in [6.45, 7) is 1.30. The van der Waals surface area contributed by atoms with Crippen LogP contribution in [0.25, 0.3) is 10.6 Å². The lowest BCUT2D eigenvalue weighted by Gasteiger charge is -2.15. The molecule has 0 N–H and O–H groups in total. The van der Waals surface area contributed by atoms with Crippen LogP contribution >= 0.6 is 11.3 Å². The van der Waals surface area contributed by atoms with Gasteiger partial charge in [-0.1, -0.05) is 30.3 Å². The van der Waals surface area contributed by atoms with Gasteiger partial charge in [0.2, 0.25) is 5.91 Å². The van der Waals surface area contributed by atoms with Crippen molar-refractivity contribution in [3.05, 3.63) is 54.1 Å². The summed E-state index contributed by atoms with van der Waals surface area (Å²) < 4.78 is 1.74. The zero-order valence-electron chi connectivity index (χ0n) is 13.5. The fourth-order valence-electron chi connectivity index (χ4n) is 2.35. The molecule has 1 aromatic carbocycles. The first-order valence-electron chi connectivity index (χ1n) is 7.79. The maximum absolute atomic E-state index is 12.2. The molecule has 0 aliphatic heterocycles. The third-order valence-corrected chi connectivity index (χ3v) is 4.67. The van der Waals surface area contributed by atoms with Gasteiger partial charge < -0.3 is 4.90 Å². The Morgan fingerprint density at radius 3 is 2.88 bits per heavy atom. The summed E-state index contributed by atoms with van der Waals surface area (Å²) in [4.78, 5) is 23.4. The molecular formula is C17H19N5OS.